The van der Waals surface area contributed by atoms with E-state index in [2.05, 4.69) is 4.98 Å². The molecule has 0 aliphatic heterocycles. The average molecular weight is 215 g/mol. The monoisotopic (exact) mass is 215 g/mol. The van der Waals surface area contributed by atoms with Crippen LogP contribution in [0.4, 0.5) is 0 Å². The number of aromatic nitrogens is 1. The lowest BCUT2D eigenvalue weighted by Gasteiger charge is -1.98. The second kappa shape index (κ2) is 3.13. The molecule has 2 aromatic heterocycles. The highest BCUT2D eigenvalue weighted by Gasteiger charge is 2.13. The van der Waals surface area contributed by atoms with Crippen molar-refractivity contribution in [2.24, 2.45) is 0 Å². The van der Waals surface area contributed by atoms with Crippen molar-refractivity contribution < 1.29 is 13.9 Å². The number of carbonyl (C=O) groups is 1. The zero-order valence-electron chi connectivity index (χ0n) is 8.61. The van der Waals surface area contributed by atoms with Gasteiger partial charge in [-0.15, -0.1) is 0 Å². The minimum atomic E-state index is 0.512. The average Bonchev–Trinajstić information content (AvgIpc) is 2.85. The number of fused-ring (bicyclic) bond motifs is 3. The zero-order valence-corrected chi connectivity index (χ0v) is 8.61. The van der Waals surface area contributed by atoms with E-state index < -0.39 is 0 Å². The first-order valence-electron chi connectivity index (χ1n) is 4.87. The summed E-state index contributed by atoms with van der Waals surface area (Å²) in [5, 5.41) is 0.919. The Bertz CT molecular complexity index is 678. The lowest BCUT2D eigenvalue weighted by atomic mass is 10.2. The molecule has 0 saturated carbocycles. The summed E-state index contributed by atoms with van der Waals surface area (Å²) in [5.74, 6) is 0.690. The van der Waals surface area contributed by atoms with Crippen LogP contribution in [0, 0.1) is 0 Å². The van der Waals surface area contributed by atoms with Gasteiger partial charge in [0.25, 0.3) is 0 Å². The Morgan fingerprint density at radius 1 is 1.44 bits per heavy atom. The van der Waals surface area contributed by atoms with Gasteiger partial charge < -0.3 is 14.1 Å². The third-order valence-electron chi connectivity index (χ3n) is 2.61. The SMILES string of the molecule is COc1cccc2c1oc1cc(C=O)[nH]c12. The number of rotatable bonds is 2. The largest absolute Gasteiger partial charge is 0.493 e. The minimum absolute atomic E-state index is 0.512. The van der Waals surface area contributed by atoms with Crippen LogP contribution in [-0.2, 0) is 0 Å². The van der Waals surface area contributed by atoms with Crippen molar-refractivity contribution >= 4 is 28.4 Å². The molecular weight excluding hydrogens is 206 g/mol. The summed E-state index contributed by atoms with van der Waals surface area (Å²) in [6.45, 7) is 0. The molecular formula is C12H9NO3. The Hall–Kier alpha value is -2.23. The molecule has 1 aromatic carbocycles. The lowest BCUT2D eigenvalue weighted by molar-refractivity contribution is 0.111. The predicted molar refractivity (Wildman–Crippen MR) is 60.0 cm³/mol. The van der Waals surface area contributed by atoms with Crippen LogP contribution in [0.5, 0.6) is 5.75 Å². The molecule has 0 aliphatic carbocycles. The van der Waals surface area contributed by atoms with E-state index in [0.717, 1.165) is 17.2 Å². The summed E-state index contributed by atoms with van der Waals surface area (Å²) in [5.41, 5.74) is 2.71. The number of hydrogen-bond donors (Lipinski definition) is 1. The van der Waals surface area contributed by atoms with Crippen LogP contribution in [-0.4, -0.2) is 18.4 Å². The van der Waals surface area contributed by atoms with Crippen molar-refractivity contribution in [1.82, 2.24) is 4.98 Å². The molecule has 0 bridgehead atoms. The van der Waals surface area contributed by atoms with E-state index in [9.17, 15) is 4.79 Å². The fraction of sp³-hybridized carbons (Fsp3) is 0.0833. The number of para-hydroxylation sites is 1. The lowest BCUT2D eigenvalue weighted by Crippen LogP contribution is -1.82. The van der Waals surface area contributed by atoms with Crippen molar-refractivity contribution in [3.05, 3.63) is 30.0 Å². The molecule has 0 spiro atoms. The minimum Gasteiger partial charge on any atom is -0.493 e. The first-order valence-corrected chi connectivity index (χ1v) is 4.87. The molecule has 0 radical (unpaired) electrons. The second-order valence-corrected chi connectivity index (χ2v) is 3.52. The van der Waals surface area contributed by atoms with Gasteiger partial charge in [0.2, 0.25) is 0 Å². The van der Waals surface area contributed by atoms with Gasteiger partial charge in [-0.05, 0) is 12.1 Å². The topological polar surface area (TPSA) is 55.2 Å². The van der Waals surface area contributed by atoms with Gasteiger partial charge in [0.05, 0.1) is 18.3 Å². The number of ether oxygens (including phenoxy) is 1. The Morgan fingerprint density at radius 3 is 3.06 bits per heavy atom. The summed E-state index contributed by atoms with van der Waals surface area (Å²) >= 11 is 0. The number of hydrogen-bond acceptors (Lipinski definition) is 3. The predicted octanol–water partition coefficient (Wildman–Crippen LogP) is 2.74. The van der Waals surface area contributed by atoms with E-state index in [-0.39, 0.29) is 0 Å². The Morgan fingerprint density at radius 2 is 2.31 bits per heavy atom. The number of furan rings is 1. The maximum absolute atomic E-state index is 10.6. The van der Waals surface area contributed by atoms with Crippen molar-refractivity contribution in [3.8, 4) is 5.75 Å². The van der Waals surface area contributed by atoms with Gasteiger partial charge >= 0.3 is 0 Å². The molecule has 16 heavy (non-hydrogen) atoms. The number of benzene rings is 1. The summed E-state index contributed by atoms with van der Waals surface area (Å²) in [6.07, 6.45) is 0.765. The van der Waals surface area contributed by atoms with Crippen LogP contribution in [0.1, 0.15) is 10.5 Å². The molecule has 0 atom stereocenters. The fourth-order valence-corrected chi connectivity index (χ4v) is 1.89. The summed E-state index contributed by atoms with van der Waals surface area (Å²) < 4.78 is 10.8. The second-order valence-electron chi connectivity index (χ2n) is 3.52. The van der Waals surface area contributed by atoms with Gasteiger partial charge in [0, 0.05) is 11.5 Å². The first-order chi connectivity index (χ1) is 7.83. The van der Waals surface area contributed by atoms with Gasteiger partial charge in [-0.1, -0.05) is 6.07 Å². The smallest absolute Gasteiger partial charge is 0.178 e. The number of H-pyrrole nitrogens is 1. The third kappa shape index (κ3) is 1.07. The van der Waals surface area contributed by atoms with E-state index in [4.69, 9.17) is 9.15 Å². The molecule has 4 nitrogen and oxygen atoms in total. The molecule has 0 saturated heterocycles. The molecule has 0 aliphatic rings. The van der Waals surface area contributed by atoms with E-state index in [0.29, 0.717) is 22.6 Å². The molecule has 3 aromatic rings. The summed E-state index contributed by atoms with van der Waals surface area (Å²) in [6, 6.07) is 7.33. The molecule has 3 rings (SSSR count). The van der Waals surface area contributed by atoms with Crippen molar-refractivity contribution in [2.75, 3.05) is 7.11 Å². The first kappa shape index (κ1) is 9.03. The van der Waals surface area contributed by atoms with Crippen LogP contribution in [0.25, 0.3) is 22.1 Å². The normalized spacial score (nSPS) is 11.1. The number of aldehydes is 1. The molecule has 0 unspecified atom stereocenters. The van der Waals surface area contributed by atoms with Crippen molar-refractivity contribution in [2.45, 2.75) is 0 Å². The number of methoxy groups -OCH3 is 1. The van der Waals surface area contributed by atoms with Crippen LogP contribution < -0.4 is 4.74 Å². The van der Waals surface area contributed by atoms with Crippen molar-refractivity contribution in [1.29, 1.82) is 0 Å². The Kier molecular flexibility index (Phi) is 1.77. The third-order valence-corrected chi connectivity index (χ3v) is 2.61. The summed E-state index contributed by atoms with van der Waals surface area (Å²) in [4.78, 5) is 13.6. The maximum atomic E-state index is 10.6. The zero-order chi connectivity index (χ0) is 11.1. The van der Waals surface area contributed by atoms with Gasteiger partial charge in [-0.25, -0.2) is 0 Å². The molecule has 2 heterocycles. The number of aromatic amines is 1. The van der Waals surface area contributed by atoms with Gasteiger partial charge in [-0.3, -0.25) is 4.79 Å². The van der Waals surface area contributed by atoms with Crippen LogP contribution >= 0.6 is 0 Å². The Labute approximate surface area is 90.8 Å². The summed E-state index contributed by atoms with van der Waals surface area (Å²) in [7, 11) is 1.60. The van der Waals surface area contributed by atoms with E-state index in [1.165, 1.54) is 0 Å². The Balaban J connectivity index is 2.43. The standard InChI is InChI=1S/C12H9NO3/c1-15-9-4-2-3-8-11-10(16-12(8)9)5-7(6-14)13-11/h2-6,13H,1H3. The number of carbonyl (C=O) groups excluding carboxylic acids is 1. The van der Waals surface area contributed by atoms with E-state index in [1.54, 1.807) is 13.2 Å². The maximum Gasteiger partial charge on any atom is 0.178 e. The van der Waals surface area contributed by atoms with Crippen molar-refractivity contribution in [3.63, 3.8) is 0 Å². The molecule has 4 heteroatoms. The van der Waals surface area contributed by atoms with E-state index in [1.807, 2.05) is 18.2 Å². The van der Waals surface area contributed by atoms with Crippen LogP contribution in [0.2, 0.25) is 0 Å². The molecule has 1 N–H and O–H groups in total. The highest BCUT2D eigenvalue weighted by molar-refractivity contribution is 6.06. The molecule has 80 valence electrons. The molecule has 0 fully saturated rings. The van der Waals surface area contributed by atoms with Gasteiger partial charge in [-0.2, -0.15) is 0 Å². The quantitative estimate of drug-likeness (QED) is 0.668. The fourth-order valence-electron chi connectivity index (χ4n) is 1.89. The molecule has 0 amide bonds. The highest BCUT2D eigenvalue weighted by Crippen LogP contribution is 2.34. The van der Waals surface area contributed by atoms with Gasteiger partial charge in [0.15, 0.2) is 23.2 Å². The van der Waals surface area contributed by atoms with E-state index >= 15 is 0 Å². The van der Waals surface area contributed by atoms with Crippen LogP contribution in [0.3, 0.4) is 0 Å². The number of nitrogens with one attached hydrogen (secondary N) is 1. The highest BCUT2D eigenvalue weighted by atomic mass is 16.5. The van der Waals surface area contributed by atoms with Crippen LogP contribution in [0.15, 0.2) is 28.7 Å². The van der Waals surface area contributed by atoms with Gasteiger partial charge in [0.1, 0.15) is 0 Å².